The summed E-state index contributed by atoms with van der Waals surface area (Å²) in [5, 5.41) is 0. The molecule has 2 rings (SSSR count). The molecule has 0 saturated carbocycles. The van der Waals surface area contributed by atoms with E-state index in [1.54, 1.807) is 0 Å². The van der Waals surface area contributed by atoms with Crippen LogP contribution >= 0.6 is 0 Å². The van der Waals surface area contributed by atoms with Gasteiger partial charge in [0.2, 0.25) is 0 Å². The Balaban J connectivity index is 0. The Labute approximate surface area is 114 Å². The van der Waals surface area contributed by atoms with E-state index < -0.39 is 0 Å². The summed E-state index contributed by atoms with van der Waals surface area (Å²) in [6, 6.07) is 0. The van der Waals surface area contributed by atoms with Crippen molar-refractivity contribution in [1.82, 2.24) is 0 Å². The summed E-state index contributed by atoms with van der Waals surface area (Å²) in [5.41, 5.74) is 0. The van der Waals surface area contributed by atoms with Gasteiger partial charge in [0.1, 0.15) is 0 Å². The fourth-order valence-electron chi connectivity index (χ4n) is 1.33. The topological polar surface area (TPSA) is 46.2 Å². The van der Waals surface area contributed by atoms with E-state index in [1.807, 2.05) is 34.3 Å². The quantitative estimate of drug-likeness (QED) is 0.621. The van der Waals surface area contributed by atoms with Gasteiger partial charge in [0.05, 0.1) is 12.2 Å². The third-order valence-electron chi connectivity index (χ3n) is 2.35. The maximum absolute atomic E-state index is 5.11. The van der Waals surface area contributed by atoms with E-state index >= 15 is 0 Å². The normalized spacial score (nSPS) is 26.4. The van der Waals surface area contributed by atoms with E-state index in [-0.39, 0.29) is 48.4 Å². The number of hydrogen-bond acceptors (Lipinski definition) is 5. The van der Waals surface area contributed by atoms with Crippen LogP contribution in [-0.2, 0) is 23.0 Å². The van der Waals surface area contributed by atoms with Crippen LogP contribution in [0.15, 0.2) is 0 Å². The zero-order chi connectivity index (χ0) is 12.1. The molecule has 2 aliphatic rings. The lowest BCUT2D eigenvalue weighted by Crippen LogP contribution is -2.44. The molecule has 9 heteroatoms. The molecule has 0 bridgehead atoms. The highest BCUT2D eigenvalue weighted by atomic mass is 16.7. The summed E-state index contributed by atoms with van der Waals surface area (Å²) in [5.74, 6) is 0. The van der Waals surface area contributed by atoms with Crippen molar-refractivity contribution in [2.24, 2.45) is 0 Å². The second kappa shape index (κ2) is 9.92. The summed E-state index contributed by atoms with van der Waals surface area (Å²) < 4.78 is 25.2. The molecule has 18 heavy (non-hydrogen) atoms. The Bertz CT molecular complexity index is 178. The van der Waals surface area contributed by atoms with Crippen LogP contribution in [0, 0.1) is 0 Å². The smallest absolute Gasteiger partial charge is 0.453 e. The van der Waals surface area contributed by atoms with Gasteiger partial charge in [0.25, 0.3) is 0 Å². The Morgan fingerprint density at radius 2 is 1.00 bits per heavy atom. The second-order valence-electron chi connectivity index (χ2n) is 3.89. The molecule has 0 aromatic heterocycles. The van der Waals surface area contributed by atoms with Gasteiger partial charge in [-0.15, -0.1) is 0 Å². The van der Waals surface area contributed by atoms with E-state index in [9.17, 15) is 0 Å². The van der Waals surface area contributed by atoms with Crippen molar-refractivity contribution in [1.29, 1.82) is 0 Å². The summed E-state index contributed by atoms with van der Waals surface area (Å²) in [4.78, 5) is 0. The van der Waals surface area contributed by atoms with Crippen LogP contribution in [0.5, 0.6) is 0 Å². The van der Waals surface area contributed by atoms with Crippen molar-refractivity contribution < 1.29 is 23.0 Å². The molecule has 0 aromatic rings. The molecule has 2 heterocycles. The molecule has 0 aromatic carbocycles. The third kappa shape index (κ3) is 7.48. The number of hydrogen-bond donors (Lipinski definition) is 0. The molecule has 0 spiro atoms. The highest BCUT2D eigenvalue weighted by molar-refractivity contribution is 6.72. The average Bonchev–Trinajstić information content (AvgIpc) is 2.49. The first-order valence-electron chi connectivity index (χ1n) is 5.58. The summed E-state index contributed by atoms with van der Waals surface area (Å²) in [6.07, 6.45) is 0.472. The molecular formula is C9H25B4O5. The van der Waals surface area contributed by atoms with E-state index in [4.69, 9.17) is 23.0 Å². The summed E-state index contributed by atoms with van der Waals surface area (Å²) in [7, 11) is 0.992. The zero-order valence-corrected chi connectivity index (χ0v) is 10.5. The van der Waals surface area contributed by atoms with Gasteiger partial charge >= 0.3 is 29.0 Å². The van der Waals surface area contributed by atoms with E-state index in [1.165, 1.54) is 7.69 Å². The molecule has 2 aliphatic heterocycles. The first kappa shape index (κ1) is 20.4. The van der Waals surface area contributed by atoms with Crippen molar-refractivity contribution in [2.75, 3.05) is 0 Å². The Kier molecular flexibility index (Phi) is 11.2. The lowest BCUT2D eigenvalue weighted by Gasteiger charge is -2.25. The fraction of sp³-hybridized carbons (Fsp3) is 1.00. The molecule has 2 fully saturated rings. The first-order valence-corrected chi connectivity index (χ1v) is 5.58. The van der Waals surface area contributed by atoms with Crippen molar-refractivity contribution >= 4 is 29.0 Å². The second-order valence-corrected chi connectivity index (χ2v) is 3.89. The third-order valence-corrected chi connectivity index (χ3v) is 2.35. The van der Waals surface area contributed by atoms with Gasteiger partial charge in [-0.05, 0) is 34.3 Å². The SMILES string of the molecule is C.C.CB1OB(C)OB(C)O1.CC1O[B]OC1C. The number of rotatable bonds is 0. The lowest BCUT2D eigenvalue weighted by molar-refractivity contribution is 0.187. The van der Waals surface area contributed by atoms with Crippen molar-refractivity contribution in [2.45, 2.75) is 61.4 Å². The van der Waals surface area contributed by atoms with Crippen LogP contribution in [0.3, 0.4) is 0 Å². The maximum Gasteiger partial charge on any atom is 0.488 e. The van der Waals surface area contributed by atoms with Gasteiger partial charge in [-0.1, -0.05) is 14.9 Å². The predicted octanol–water partition coefficient (Wildman–Crippen LogP) is 2.02. The van der Waals surface area contributed by atoms with Crippen LogP contribution < -0.4 is 0 Å². The molecule has 5 nitrogen and oxygen atoms in total. The van der Waals surface area contributed by atoms with Crippen LogP contribution in [-0.4, -0.2) is 41.2 Å². The molecular weight excluding hydrogens is 231 g/mol. The lowest BCUT2D eigenvalue weighted by atomic mass is 9.74. The Morgan fingerprint density at radius 1 is 0.722 bits per heavy atom. The Morgan fingerprint density at radius 3 is 1.17 bits per heavy atom. The van der Waals surface area contributed by atoms with E-state index in [0.29, 0.717) is 0 Å². The summed E-state index contributed by atoms with van der Waals surface area (Å²) in [6.45, 7) is 9.53. The maximum atomic E-state index is 5.11. The van der Waals surface area contributed by atoms with Gasteiger partial charge in [-0.3, -0.25) is 0 Å². The van der Waals surface area contributed by atoms with Crippen molar-refractivity contribution in [3.05, 3.63) is 0 Å². The van der Waals surface area contributed by atoms with Crippen LogP contribution in [0.25, 0.3) is 0 Å². The Hall–Kier alpha value is 0.0597. The van der Waals surface area contributed by atoms with Gasteiger partial charge in [0.15, 0.2) is 0 Å². The van der Waals surface area contributed by atoms with E-state index in [0.717, 1.165) is 0 Å². The minimum absolute atomic E-state index is 0. The molecule has 103 valence electrons. The first-order chi connectivity index (χ1) is 7.49. The van der Waals surface area contributed by atoms with Gasteiger partial charge in [-0.25, -0.2) is 0 Å². The molecule has 2 atom stereocenters. The van der Waals surface area contributed by atoms with Gasteiger partial charge in [-0.2, -0.15) is 0 Å². The highest BCUT2D eigenvalue weighted by Crippen LogP contribution is 2.08. The summed E-state index contributed by atoms with van der Waals surface area (Å²) >= 11 is 0. The molecule has 2 unspecified atom stereocenters. The molecule has 1 radical (unpaired) electrons. The average molecular weight is 257 g/mol. The van der Waals surface area contributed by atoms with Crippen LogP contribution in [0.1, 0.15) is 28.7 Å². The van der Waals surface area contributed by atoms with Gasteiger partial charge in [0, 0.05) is 0 Å². The van der Waals surface area contributed by atoms with Crippen molar-refractivity contribution in [3.63, 3.8) is 0 Å². The van der Waals surface area contributed by atoms with Crippen LogP contribution in [0.4, 0.5) is 0 Å². The zero-order valence-electron chi connectivity index (χ0n) is 10.5. The van der Waals surface area contributed by atoms with Crippen LogP contribution in [0.2, 0.25) is 20.5 Å². The standard InChI is InChI=1S/C4H8BO2.C3H9B3O3.2CH4/c1-3-4(2)7-5-6-3;1-4-7-5(2)9-6(3)8-4;;/h3-4H,1-2H3;1-3H3;2*1H4. The molecule has 2 saturated heterocycles. The largest absolute Gasteiger partial charge is 0.488 e. The minimum atomic E-state index is -0.135. The van der Waals surface area contributed by atoms with E-state index in [2.05, 4.69) is 0 Å². The highest BCUT2D eigenvalue weighted by Gasteiger charge is 2.31. The molecule has 0 N–H and O–H groups in total. The predicted molar refractivity (Wildman–Crippen MR) is 78.4 cm³/mol. The fourth-order valence-corrected chi connectivity index (χ4v) is 1.33. The molecule has 0 aliphatic carbocycles. The monoisotopic (exact) mass is 257 g/mol. The minimum Gasteiger partial charge on any atom is -0.453 e. The van der Waals surface area contributed by atoms with Crippen molar-refractivity contribution in [3.8, 4) is 0 Å². The molecule has 0 amide bonds. The van der Waals surface area contributed by atoms with Gasteiger partial charge < -0.3 is 23.0 Å².